The molecule has 1 aliphatic heterocycles. The Hall–Kier alpha value is -1.71. The van der Waals surface area contributed by atoms with E-state index in [1.165, 1.54) is 4.90 Å². The van der Waals surface area contributed by atoms with Gasteiger partial charge in [0.15, 0.2) is 5.78 Å². The molecule has 0 aromatic heterocycles. The topological polar surface area (TPSA) is 54.5 Å². The Morgan fingerprint density at radius 2 is 1.57 bits per heavy atom. The van der Waals surface area contributed by atoms with Crippen LogP contribution in [0.1, 0.15) is 52.9 Å². The van der Waals surface area contributed by atoms with Crippen LogP contribution in [0.25, 0.3) is 0 Å². The minimum absolute atomic E-state index is 0.00594. The number of amides is 2. The Morgan fingerprint density at radius 3 is 2.00 bits per heavy atom. The number of carbonyl (C=O) groups is 3. The van der Waals surface area contributed by atoms with Gasteiger partial charge in [-0.3, -0.25) is 19.3 Å². The van der Waals surface area contributed by atoms with Crippen molar-refractivity contribution in [1.29, 1.82) is 0 Å². The average molecular weight is 289 g/mol. The van der Waals surface area contributed by atoms with Crippen molar-refractivity contribution in [3.63, 3.8) is 0 Å². The molecule has 0 saturated heterocycles. The second-order valence-corrected chi connectivity index (χ2v) is 6.31. The molecule has 2 aliphatic rings. The van der Waals surface area contributed by atoms with Gasteiger partial charge in [-0.1, -0.05) is 6.58 Å². The normalized spacial score (nSPS) is 26.5. The van der Waals surface area contributed by atoms with Crippen molar-refractivity contribution in [1.82, 2.24) is 4.90 Å². The van der Waals surface area contributed by atoms with Gasteiger partial charge in [-0.25, -0.2) is 0 Å². The van der Waals surface area contributed by atoms with Crippen LogP contribution in [0.5, 0.6) is 0 Å². The highest BCUT2D eigenvalue weighted by molar-refractivity contribution is 6.18. The summed E-state index contributed by atoms with van der Waals surface area (Å²) >= 11 is 0. The third kappa shape index (κ3) is 2.99. The lowest BCUT2D eigenvalue weighted by Gasteiger charge is -2.33. The molecular formula is C17H23NO3. The van der Waals surface area contributed by atoms with Crippen molar-refractivity contribution >= 4 is 17.6 Å². The molecular weight excluding hydrogens is 266 g/mol. The van der Waals surface area contributed by atoms with Crippen LogP contribution in [-0.2, 0) is 14.4 Å². The molecule has 0 aromatic carbocycles. The van der Waals surface area contributed by atoms with Gasteiger partial charge in [-0.15, -0.1) is 0 Å². The SMILES string of the molecule is C=C(C)C(=O)CC1CCC(N2C(=O)C(C)=C(C)C2=O)CC1. The van der Waals surface area contributed by atoms with Gasteiger partial charge in [0.1, 0.15) is 0 Å². The van der Waals surface area contributed by atoms with E-state index in [9.17, 15) is 14.4 Å². The Bertz CT molecular complexity index is 512. The van der Waals surface area contributed by atoms with Crippen molar-refractivity contribution in [2.24, 2.45) is 5.92 Å². The highest BCUT2D eigenvalue weighted by atomic mass is 16.2. The van der Waals surface area contributed by atoms with Crippen LogP contribution in [0, 0.1) is 5.92 Å². The molecule has 0 aromatic rings. The molecule has 1 fully saturated rings. The first kappa shape index (κ1) is 15.7. The predicted molar refractivity (Wildman–Crippen MR) is 80.4 cm³/mol. The van der Waals surface area contributed by atoms with Gasteiger partial charge in [0.05, 0.1) is 0 Å². The highest BCUT2D eigenvalue weighted by Crippen LogP contribution is 2.33. The van der Waals surface area contributed by atoms with Crippen molar-refractivity contribution in [2.75, 3.05) is 0 Å². The first-order chi connectivity index (χ1) is 9.82. The molecule has 1 saturated carbocycles. The van der Waals surface area contributed by atoms with E-state index in [4.69, 9.17) is 0 Å². The van der Waals surface area contributed by atoms with Gasteiger partial charge in [-0.05, 0) is 57.9 Å². The van der Waals surface area contributed by atoms with Gasteiger partial charge in [-0.2, -0.15) is 0 Å². The van der Waals surface area contributed by atoms with Crippen molar-refractivity contribution in [3.05, 3.63) is 23.3 Å². The maximum absolute atomic E-state index is 12.2. The summed E-state index contributed by atoms with van der Waals surface area (Å²) in [6, 6.07) is -0.00594. The first-order valence-corrected chi connectivity index (χ1v) is 7.57. The minimum Gasteiger partial charge on any atom is -0.295 e. The van der Waals surface area contributed by atoms with Crippen LogP contribution >= 0.6 is 0 Å². The highest BCUT2D eigenvalue weighted by Gasteiger charge is 2.39. The predicted octanol–water partition coefficient (Wildman–Crippen LogP) is 2.79. The summed E-state index contributed by atoms with van der Waals surface area (Å²) < 4.78 is 0. The number of ketones is 1. The van der Waals surface area contributed by atoms with Gasteiger partial charge in [0.25, 0.3) is 11.8 Å². The van der Waals surface area contributed by atoms with Gasteiger partial charge >= 0.3 is 0 Å². The Morgan fingerprint density at radius 1 is 1.10 bits per heavy atom. The molecule has 0 atom stereocenters. The molecule has 1 aliphatic carbocycles. The maximum Gasteiger partial charge on any atom is 0.257 e. The van der Waals surface area contributed by atoms with Crippen LogP contribution in [0.4, 0.5) is 0 Å². The van der Waals surface area contributed by atoms with Crippen molar-refractivity contribution in [3.8, 4) is 0 Å². The van der Waals surface area contributed by atoms with E-state index < -0.39 is 0 Å². The summed E-state index contributed by atoms with van der Waals surface area (Å²) in [6.07, 6.45) is 3.91. The number of imide groups is 1. The van der Waals surface area contributed by atoms with Crippen LogP contribution in [-0.4, -0.2) is 28.5 Å². The fraction of sp³-hybridized carbons (Fsp3) is 0.588. The molecule has 0 radical (unpaired) electrons. The second kappa shape index (κ2) is 5.96. The average Bonchev–Trinajstić information content (AvgIpc) is 2.64. The zero-order valence-electron chi connectivity index (χ0n) is 13.1. The number of Topliss-reactive ketones (excluding diaryl/α,β-unsaturated/α-hetero) is 1. The number of allylic oxidation sites excluding steroid dienone is 1. The molecule has 4 heteroatoms. The number of rotatable bonds is 4. The van der Waals surface area contributed by atoms with E-state index in [-0.39, 0.29) is 23.6 Å². The van der Waals surface area contributed by atoms with Gasteiger partial charge in [0.2, 0.25) is 0 Å². The largest absolute Gasteiger partial charge is 0.295 e. The van der Waals surface area contributed by atoms with E-state index in [2.05, 4.69) is 6.58 Å². The quantitative estimate of drug-likeness (QED) is 0.590. The number of hydrogen-bond donors (Lipinski definition) is 0. The molecule has 114 valence electrons. The van der Waals surface area contributed by atoms with Gasteiger partial charge < -0.3 is 0 Å². The Kier molecular flexibility index (Phi) is 4.45. The van der Waals surface area contributed by atoms with E-state index in [0.29, 0.717) is 29.1 Å². The lowest BCUT2D eigenvalue weighted by molar-refractivity contribution is -0.141. The molecule has 0 spiro atoms. The number of nitrogens with zero attached hydrogens (tertiary/aromatic N) is 1. The lowest BCUT2D eigenvalue weighted by atomic mass is 9.82. The zero-order valence-corrected chi connectivity index (χ0v) is 13.1. The molecule has 0 N–H and O–H groups in total. The Balaban J connectivity index is 1.94. The molecule has 1 heterocycles. The molecule has 2 amide bonds. The molecule has 0 unspecified atom stereocenters. The lowest BCUT2D eigenvalue weighted by Crippen LogP contribution is -2.43. The van der Waals surface area contributed by atoms with Crippen molar-refractivity contribution < 1.29 is 14.4 Å². The maximum atomic E-state index is 12.2. The first-order valence-electron chi connectivity index (χ1n) is 7.57. The van der Waals surface area contributed by atoms with E-state index in [0.717, 1.165) is 25.7 Å². The summed E-state index contributed by atoms with van der Waals surface area (Å²) in [5, 5.41) is 0. The minimum atomic E-state index is -0.140. The fourth-order valence-electron chi connectivity index (χ4n) is 3.15. The standard InChI is InChI=1S/C17H23NO3/c1-10(2)15(19)9-13-5-7-14(8-6-13)18-16(20)11(3)12(4)17(18)21/h13-14H,1,5-9H2,2-4H3. The number of hydrogen-bond acceptors (Lipinski definition) is 3. The fourth-order valence-corrected chi connectivity index (χ4v) is 3.15. The van der Waals surface area contributed by atoms with E-state index in [1.807, 2.05) is 0 Å². The smallest absolute Gasteiger partial charge is 0.257 e. The summed E-state index contributed by atoms with van der Waals surface area (Å²) in [5.41, 5.74) is 1.75. The molecule has 2 rings (SSSR count). The van der Waals surface area contributed by atoms with Crippen LogP contribution < -0.4 is 0 Å². The van der Waals surface area contributed by atoms with E-state index in [1.54, 1.807) is 20.8 Å². The monoisotopic (exact) mass is 289 g/mol. The summed E-state index contributed by atoms with van der Waals surface area (Å²) in [7, 11) is 0. The van der Waals surface area contributed by atoms with Crippen LogP contribution in [0.3, 0.4) is 0 Å². The Labute approximate surface area is 125 Å². The molecule has 0 bridgehead atoms. The van der Waals surface area contributed by atoms with Crippen LogP contribution in [0.2, 0.25) is 0 Å². The third-order valence-electron chi connectivity index (χ3n) is 4.77. The summed E-state index contributed by atoms with van der Waals surface area (Å²) in [5.74, 6) is 0.200. The number of carbonyl (C=O) groups excluding carboxylic acids is 3. The van der Waals surface area contributed by atoms with Gasteiger partial charge in [0, 0.05) is 23.6 Å². The van der Waals surface area contributed by atoms with Crippen molar-refractivity contribution in [2.45, 2.75) is 58.9 Å². The molecule has 4 nitrogen and oxygen atoms in total. The zero-order chi connectivity index (χ0) is 15.7. The summed E-state index contributed by atoms with van der Waals surface area (Å²) in [4.78, 5) is 37.5. The van der Waals surface area contributed by atoms with Crippen LogP contribution in [0.15, 0.2) is 23.3 Å². The third-order valence-corrected chi connectivity index (χ3v) is 4.77. The molecule has 21 heavy (non-hydrogen) atoms. The van der Waals surface area contributed by atoms with E-state index >= 15 is 0 Å². The summed E-state index contributed by atoms with van der Waals surface area (Å²) in [6.45, 7) is 8.86. The second-order valence-electron chi connectivity index (χ2n) is 6.31.